The van der Waals surface area contributed by atoms with E-state index in [0.717, 1.165) is 154 Å². The van der Waals surface area contributed by atoms with Gasteiger partial charge in [-0.05, 0) is 154 Å². The van der Waals surface area contributed by atoms with E-state index in [1.165, 1.54) is 6.42 Å². The van der Waals surface area contributed by atoms with Crippen molar-refractivity contribution in [3.8, 4) is 0 Å². The smallest absolute Gasteiger partial charge is 0.462 e. The average Bonchev–Trinajstić information content (AvgIpc) is 0.931. The Hall–Kier alpha value is -6.36. The van der Waals surface area contributed by atoms with Crippen LogP contribution in [-0.4, -0.2) is 96.7 Å². The lowest BCUT2D eigenvalue weighted by molar-refractivity contribution is -0.161. The molecule has 5 unspecified atom stereocenters. The predicted octanol–water partition coefficient (Wildman–Crippen LogP) is 22.3. The fourth-order valence-corrected chi connectivity index (χ4v) is 10.6. The van der Waals surface area contributed by atoms with Gasteiger partial charge >= 0.3 is 39.5 Å². The van der Waals surface area contributed by atoms with Crippen molar-refractivity contribution in [2.75, 3.05) is 39.6 Å². The molecule has 0 saturated heterocycles. The number of esters is 4. The van der Waals surface area contributed by atoms with Gasteiger partial charge in [0.25, 0.3) is 0 Å². The van der Waals surface area contributed by atoms with Crippen molar-refractivity contribution >= 4 is 39.5 Å². The summed E-state index contributed by atoms with van der Waals surface area (Å²) in [6.45, 7) is 4.18. The van der Waals surface area contributed by atoms with Crippen molar-refractivity contribution in [2.24, 2.45) is 0 Å². The molecule has 584 valence electrons. The lowest BCUT2D eigenvalue weighted by Gasteiger charge is -2.21. The molecule has 0 aromatic carbocycles. The number of aliphatic hydroxyl groups excluding tert-OH is 1. The lowest BCUT2D eigenvalue weighted by atomic mass is 10.1. The number of carbonyl (C=O) groups is 4. The highest BCUT2D eigenvalue weighted by Crippen LogP contribution is 2.45. The molecule has 3 N–H and O–H groups in total. The van der Waals surface area contributed by atoms with E-state index in [9.17, 15) is 43.2 Å². The second-order valence-corrected chi connectivity index (χ2v) is 27.4. The second kappa shape index (κ2) is 74.9. The molecule has 19 heteroatoms. The molecule has 0 amide bonds. The topological polar surface area (TPSA) is 237 Å². The molecular weight excluding hydrogens is 1350 g/mol. The zero-order valence-electron chi connectivity index (χ0n) is 63.6. The molecule has 0 aliphatic rings. The third-order valence-corrected chi connectivity index (χ3v) is 16.7. The number of aliphatic hydroxyl groups is 1. The van der Waals surface area contributed by atoms with Crippen LogP contribution in [0.25, 0.3) is 0 Å². The number of phosphoric ester groups is 2. The monoisotopic (exact) mass is 1490 g/mol. The minimum atomic E-state index is -5.02. The summed E-state index contributed by atoms with van der Waals surface area (Å²) in [5, 5.41) is 10.6. The first-order chi connectivity index (χ1) is 50.7. The van der Waals surface area contributed by atoms with E-state index in [1.54, 1.807) is 12.2 Å². The number of hydrogen-bond donors (Lipinski definition) is 3. The quantitative estimate of drug-likeness (QED) is 0.0169. The van der Waals surface area contributed by atoms with Crippen LogP contribution in [0.3, 0.4) is 0 Å². The fourth-order valence-electron chi connectivity index (χ4n) is 9.03. The molecule has 0 aliphatic carbocycles. The van der Waals surface area contributed by atoms with Gasteiger partial charge in [-0.15, -0.1) is 0 Å². The number of rotatable bonds is 69. The van der Waals surface area contributed by atoms with Crippen LogP contribution in [0, 0.1) is 0 Å². The summed E-state index contributed by atoms with van der Waals surface area (Å²) in [6.07, 6.45) is 93.1. The highest BCUT2D eigenvalue weighted by molar-refractivity contribution is 7.47. The Morgan fingerprint density at radius 1 is 0.288 bits per heavy atom. The van der Waals surface area contributed by atoms with Crippen LogP contribution in [-0.2, 0) is 65.4 Å². The summed E-state index contributed by atoms with van der Waals surface area (Å²) in [6, 6.07) is 0. The summed E-state index contributed by atoms with van der Waals surface area (Å²) in [5.41, 5.74) is 0. The molecule has 5 atom stereocenters. The Kier molecular flexibility index (Phi) is 70.3. The number of hydrogen-bond acceptors (Lipinski definition) is 15. The Balaban J connectivity index is 5.51. The minimum absolute atomic E-state index is 0.0240. The van der Waals surface area contributed by atoms with Gasteiger partial charge in [-0.3, -0.25) is 37.3 Å². The van der Waals surface area contributed by atoms with Crippen molar-refractivity contribution in [3.05, 3.63) is 207 Å². The van der Waals surface area contributed by atoms with E-state index >= 15 is 0 Å². The van der Waals surface area contributed by atoms with Gasteiger partial charge in [-0.2, -0.15) is 0 Å². The van der Waals surface area contributed by atoms with E-state index in [0.29, 0.717) is 32.1 Å². The first-order valence-corrected chi connectivity index (χ1v) is 41.3. The Morgan fingerprint density at radius 3 is 0.933 bits per heavy atom. The number of allylic oxidation sites excluding steroid dienone is 33. The van der Waals surface area contributed by atoms with Gasteiger partial charge in [0.15, 0.2) is 12.2 Å². The van der Waals surface area contributed by atoms with Crippen molar-refractivity contribution in [2.45, 2.75) is 264 Å². The second-order valence-electron chi connectivity index (χ2n) is 24.5. The summed E-state index contributed by atoms with van der Waals surface area (Å²) in [4.78, 5) is 72.8. The Morgan fingerprint density at radius 2 is 0.558 bits per heavy atom. The van der Waals surface area contributed by atoms with Crippen LogP contribution < -0.4 is 0 Å². The summed E-state index contributed by atoms with van der Waals surface area (Å²) < 4.78 is 68.2. The van der Waals surface area contributed by atoms with Crippen LogP contribution in [0.1, 0.15) is 246 Å². The Labute approximate surface area is 627 Å². The summed E-state index contributed by atoms with van der Waals surface area (Å²) in [7, 11) is -10.0. The first kappa shape index (κ1) is 97.6. The number of ether oxygens (including phenoxy) is 4. The third-order valence-electron chi connectivity index (χ3n) is 14.8. The molecule has 0 heterocycles. The molecule has 0 saturated carbocycles. The normalized spacial score (nSPS) is 15.0. The van der Waals surface area contributed by atoms with Crippen molar-refractivity contribution in [3.63, 3.8) is 0 Å². The maximum absolute atomic E-state index is 13.1. The first-order valence-electron chi connectivity index (χ1n) is 38.3. The van der Waals surface area contributed by atoms with E-state index in [4.69, 9.17) is 37.0 Å². The van der Waals surface area contributed by atoms with E-state index in [2.05, 4.69) is 192 Å². The molecule has 0 rings (SSSR count). The Bertz CT molecular complexity index is 2790. The zero-order valence-corrected chi connectivity index (χ0v) is 65.4. The molecule has 17 nitrogen and oxygen atoms in total. The molecule has 104 heavy (non-hydrogen) atoms. The number of unbranched alkanes of at least 4 members (excludes halogenated alkanes) is 10. The standard InChI is InChI=1S/C85H132O17P2/c1-5-9-13-17-21-25-29-32-35-37-39-41-44-46-50-53-57-61-65-69-82(87)95-75-80(101-84(89)71-67-63-59-55-49-28-24-20-16-12-8-4)77-99-103(91,92)97-73-79(86)74-98-104(93,94)100-78-81(102-85(90)72-68-64-60-56-52-48-43-34-31-27-23-19-15-11-7-3)76-96-83(88)70-66-62-58-54-51-47-45-42-40-38-36-33-30-26-22-18-14-10-6-2/h9-11,13-15,20-27,32-36,39-43,46-47,50-52,56-57,61,64,68,79-81,86H,5-8,12,16-19,28-31,37-38,44-45,48-49,53-55,58-60,62-63,65-67,69-78H2,1-4H3,(H,91,92)(H,93,94)/b13-9-,14-10-,15-11-,24-20-,25-21-,26-22-,27-23-,35-32-,36-33-,41-39-,42-40-,43-34-,50-46-,51-47-,56-52-,61-57-,68-64-. The largest absolute Gasteiger partial charge is 0.472 e. The number of carbonyl (C=O) groups excluding carboxylic acids is 4. The highest BCUT2D eigenvalue weighted by atomic mass is 31.2. The fraction of sp³-hybridized carbons (Fsp3) is 0.553. The number of phosphoric acid groups is 2. The van der Waals surface area contributed by atoms with Gasteiger partial charge < -0.3 is 33.8 Å². The molecule has 0 fully saturated rings. The lowest BCUT2D eigenvalue weighted by Crippen LogP contribution is -2.30. The molecular formula is C85H132O17P2. The third kappa shape index (κ3) is 73.9. The molecule has 0 aliphatic heterocycles. The summed E-state index contributed by atoms with van der Waals surface area (Å²) >= 11 is 0. The van der Waals surface area contributed by atoms with Crippen LogP contribution in [0.15, 0.2) is 207 Å². The van der Waals surface area contributed by atoms with Crippen LogP contribution in [0.4, 0.5) is 0 Å². The van der Waals surface area contributed by atoms with Gasteiger partial charge in [0.05, 0.1) is 32.8 Å². The molecule has 0 aromatic heterocycles. The maximum atomic E-state index is 13.1. The molecule has 0 spiro atoms. The van der Waals surface area contributed by atoms with Gasteiger partial charge in [-0.1, -0.05) is 273 Å². The maximum Gasteiger partial charge on any atom is 0.472 e. The van der Waals surface area contributed by atoms with Gasteiger partial charge in [0.2, 0.25) is 0 Å². The van der Waals surface area contributed by atoms with Crippen LogP contribution in [0.2, 0.25) is 0 Å². The van der Waals surface area contributed by atoms with Crippen molar-refractivity contribution in [1.29, 1.82) is 0 Å². The SMILES string of the molecule is CC/C=C\C/C=C\C/C=C\C/C=C\C/C=C\C/C=C\CCC(=O)OCC(COP(=O)(O)OCC(O)COP(=O)(O)OCC(COC(=O)CCCCC/C=C\C/C=C\C/C=C\C/C=C\C/C=C\CC)OC(=O)C/C=C\C/C=C\C/C=C\C/C=C\C/C=C\CC)OC(=O)CCCCCCC/C=C\CCCC. The van der Waals surface area contributed by atoms with E-state index in [1.807, 2.05) is 30.4 Å². The average molecular weight is 1490 g/mol. The van der Waals surface area contributed by atoms with Crippen molar-refractivity contribution < 1.29 is 80.2 Å². The predicted molar refractivity (Wildman–Crippen MR) is 426 cm³/mol. The van der Waals surface area contributed by atoms with Gasteiger partial charge in [0, 0.05) is 19.3 Å². The molecule has 0 radical (unpaired) electrons. The minimum Gasteiger partial charge on any atom is -0.462 e. The van der Waals surface area contributed by atoms with Gasteiger partial charge in [-0.25, -0.2) is 9.13 Å². The van der Waals surface area contributed by atoms with Crippen LogP contribution in [0.5, 0.6) is 0 Å². The van der Waals surface area contributed by atoms with Gasteiger partial charge in [0.1, 0.15) is 19.3 Å². The summed E-state index contributed by atoms with van der Waals surface area (Å²) in [5.74, 6) is -2.50. The zero-order chi connectivity index (χ0) is 76.0. The molecule has 0 bridgehead atoms. The van der Waals surface area contributed by atoms with Crippen molar-refractivity contribution in [1.82, 2.24) is 0 Å². The van der Waals surface area contributed by atoms with E-state index in [-0.39, 0.29) is 25.7 Å². The highest BCUT2D eigenvalue weighted by Gasteiger charge is 2.30. The molecule has 0 aromatic rings. The van der Waals surface area contributed by atoms with E-state index < -0.39 is 97.5 Å². The van der Waals surface area contributed by atoms with Crippen LogP contribution >= 0.6 is 15.6 Å².